The van der Waals surface area contributed by atoms with Crippen LogP contribution in [0.3, 0.4) is 0 Å². The number of nitrogens with zero attached hydrogens (tertiary/aromatic N) is 2. The van der Waals surface area contributed by atoms with Crippen LogP contribution in [0.1, 0.15) is 11.3 Å². The predicted molar refractivity (Wildman–Crippen MR) is 49.5 cm³/mol. The number of halogens is 3. The molecule has 0 atom stereocenters. The zero-order valence-electron chi connectivity index (χ0n) is 8.25. The topological polar surface area (TPSA) is 38.9 Å². The van der Waals surface area contributed by atoms with Crippen LogP contribution < -0.4 is 0 Å². The lowest BCUT2D eigenvalue weighted by Gasteiger charge is -2.09. The first-order valence-electron chi connectivity index (χ1n) is 4.42. The third-order valence-electron chi connectivity index (χ3n) is 1.98. The zero-order chi connectivity index (χ0) is 11.8. The molecular weight excluding hydrogens is 221 g/mol. The highest BCUT2D eigenvalue weighted by molar-refractivity contribution is 5.58. The number of hydrogen-bond donors (Lipinski definition) is 0. The van der Waals surface area contributed by atoms with Crippen molar-refractivity contribution in [3.8, 4) is 11.5 Å². The van der Waals surface area contributed by atoms with Gasteiger partial charge in [-0.25, -0.2) is 4.98 Å². The average molecular weight is 228 g/mol. The summed E-state index contributed by atoms with van der Waals surface area (Å²) in [6.45, 7) is 1.61. The molecule has 0 aliphatic heterocycles. The molecule has 0 bridgehead atoms. The Kier molecular flexibility index (Phi) is 2.41. The Hall–Kier alpha value is -1.85. The molecule has 0 radical (unpaired) electrons. The number of aromatic nitrogens is 2. The summed E-state index contributed by atoms with van der Waals surface area (Å²) < 4.78 is 43.0. The molecule has 0 amide bonds. The van der Waals surface area contributed by atoms with Gasteiger partial charge in [-0.3, -0.25) is 4.98 Å². The maximum Gasteiger partial charge on any atom is 0.417 e. The monoisotopic (exact) mass is 228 g/mol. The molecule has 0 aliphatic carbocycles. The van der Waals surface area contributed by atoms with Gasteiger partial charge in [0.2, 0.25) is 5.89 Å². The first-order valence-corrected chi connectivity index (χ1v) is 4.42. The summed E-state index contributed by atoms with van der Waals surface area (Å²) >= 11 is 0. The van der Waals surface area contributed by atoms with Gasteiger partial charge >= 0.3 is 6.18 Å². The van der Waals surface area contributed by atoms with E-state index in [9.17, 15) is 13.2 Å². The smallest absolute Gasteiger partial charge is 0.417 e. The molecule has 2 rings (SSSR count). The minimum Gasteiger partial charge on any atom is -0.441 e. The van der Waals surface area contributed by atoms with E-state index in [2.05, 4.69) is 9.97 Å². The minimum atomic E-state index is -4.44. The normalized spacial score (nSPS) is 11.8. The average Bonchev–Trinajstić information content (AvgIpc) is 2.64. The van der Waals surface area contributed by atoms with Crippen molar-refractivity contribution in [2.75, 3.05) is 0 Å². The van der Waals surface area contributed by atoms with Gasteiger partial charge in [0.1, 0.15) is 5.76 Å². The van der Waals surface area contributed by atoms with Crippen LogP contribution >= 0.6 is 0 Å². The van der Waals surface area contributed by atoms with E-state index < -0.39 is 11.7 Å². The highest BCUT2D eigenvalue weighted by Gasteiger charge is 2.34. The fourth-order valence-electron chi connectivity index (χ4n) is 1.29. The van der Waals surface area contributed by atoms with E-state index in [1.165, 1.54) is 6.20 Å². The molecule has 84 valence electrons. The molecule has 0 aliphatic rings. The Balaban J connectivity index is 2.57. The number of rotatable bonds is 1. The van der Waals surface area contributed by atoms with Gasteiger partial charge in [0, 0.05) is 12.4 Å². The molecule has 6 heteroatoms. The van der Waals surface area contributed by atoms with E-state index in [1.807, 2.05) is 0 Å². The van der Waals surface area contributed by atoms with E-state index in [1.54, 1.807) is 6.92 Å². The van der Waals surface area contributed by atoms with Crippen molar-refractivity contribution >= 4 is 0 Å². The lowest BCUT2D eigenvalue weighted by molar-refractivity contribution is -0.137. The van der Waals surface area contributed by atoms with E-state index in [0.717, 1.165) is 18.5 Å². The molecule has 2 aromatic heterocycles. The summed E-state index contributed by atoms with van der Waals surface area (Å²) in [4.78, 5) is 7.40. The van der Waals surface area contributed by atoms with Crippen molar-refractivity contribution < 1.29 is 17.6 Å². The first kappa shape index (κ1) is 10.7. The summed E-state index contributed by atoms with van der Waals surface area (Å²) in [6.07, 6.45) is -0.903. The maximum absolute atomic E-state index is 12.6. The number of hydrogen-bond acceptors (Lipinski definition) is 3. The number of alkyl halides is 3. The lowest BCUT2D eigenvalue weighted by Crippen LogP contribution is -2.07. The quantitative estimate of drug-likeness (QED) is 0.752. The summed E-state index contributed by atoms with van der Waals surface area (Å²) in [7, 11) is 0. The molecule has 0 saturated carbocycles. The first-order chi connectivity index (χ1) is 7.48. The molecule has 0 saturated heterocycles. The summed E-state index contributed by atoms with van der Waals surface area (Å²) in [5.41, 5.74) is -0.951. The lowest BCUT2D eigenvalue weighted by atomic mass is 10.1. The second-order valence-electron chi connectivity index (χ2n) is 3.20. The van der Waals surface area contributed by atoms with E-state index in [4.69, 9.17) is 4.42 Å². The SMILES string of the molecule is Cc1cnc(-c2cnccc2C(F)(F)F)o1. The fraction of sp³-hybridized carbons (Fsp3) is 0.200. The van der Waals surface area contributed by atoms with Crippen molar-refractivity contribution in [1.29, 1.82) is 0 Å². The molecule has 2 heterocycles. The molecule has 0 unspecified atom stereocenters. The summed E-state index contributed by atoms with van der Waals surface area (Å²) in [5, 5.41) is 0. The number of oxazole rings is 1. The third-order valence-corrected chi connectivity index (χ3v) is 1.98. The number of aryl methyl sites for hydroxylation is 1. The van der Waals surface area contributed by atoms with E-state index in [-0.39, 0.29) is 11.5 Å². The van der Waals surface area contributed by atoms with Crippen LogP contribution in [0.25, 0.3) is 11.5 Å². The molecule has 0 spiro atoms. The van der Waals surface area contributed by atoms with E-state index >= 15 is 0 Å². The second kappa shape index (κ2) is 3.62. The number of pyridine rings is 1. The van der Waals surface area contributed by atoms with Crippen LogP contribution in [0.5, 0.6) is 0 Å². The Morgan fingerprint density at radius 1 is 1.25 bits per heavy atom. The van der Waals surface area contributed by atoms with Gasteiger partial charge in [-0.1, -0.05) is 0 Å². The van der Waals surface area contributed by atoms with Gasteiger partial charge in [0.15, 0.2) is 0 Å². The zero-order valence-corrected chi connectivity index (χ0v) is 8.25. The van der Waals surface area contributed by atoms with Crippen LogP contribution in [0.2, 0.25) is 0 Å². The summed E-state index contributed by atoms with van der Waals surface area (Å²) in [6, 6.07) is 0.898. The molecule has 2 aromatic rings. The van der Waals surface area contributed by atoms with Gasteiger partial charge in [-0.05, 0) is 13.0 Å². The van der Waals surface area contributed by atoms with Crippen molar-refractivity contribution in [2.45, 2.75) is 13.1 Å². The van der Waals surface area contributed by atoms with Crippen molar-refractivity contribution in [2.24, 2.45) is 0 Å². The van der Waals surface area contributed by atoms with Crippen LogP contribution in [-0.2, 0) is 6.18 Å². The van der Waals surface area contributed by atoms with Crippen LogP contribution in [0.15, 0.2) is 29.1 Å². The predicted octanol–water partition coefficient (Wildman–Crippen LogP) is 3.06. The highest BCUT2D eigenvalue weighted by atomic mass is 19.4. The fourth-order valence-corrected chi connectivity index (χ4v) is 1.29. The highest BCUT2D eigenvalue weighted by Crippen LogP contribution is 2.35. The largest absolute Gasteiger partial charge is 0.441 e. The van der Waals surface area contributed by atoms with Gasteiger partial charge in [0.05, 0.1) is 17.3 Å². The van der Waals surface area contributed by atoms with Crippen LogP contribution in [0, 0.1) is 6.92 Å². The second-order valence-corrected chi connectivity index (χ2v) is 3.20. The van der Waals surface area contributed by atoms with Crippen molar-refractivity contribution in [3.63, 3.8) is 0 Å². The summed E-state index contributed by atoms with van der Waals surface area (Å²) in [5.74, 6) is 0.380. The standard InChI is InChI=1S/C10H7F3N2O/c1-6-4-15-9(16-6)7-5-14-3-2-8(7)10(11,12)13/h2-5H,1H3. The van der Waals surface area contributed by atoms with Crippen LogP contribution in [0.4, 0.5) is 13.2 Å². The van der Waals surface area contributed by atoms with Gasteiger partial charge in [-0.2, -0.15) is 13.2 Å². The van der Waals surface area contributed by atoms with Gasteiger partial charge < -0.3 is 4.42 Å². The molecule has 0 aromatic carbocycles. The minimum absolute atomic E-state index is 0.0714. The van der Waals surface area contributed by atoms with Gasteiger partial charge in [-0.15, -0.1) is 0 Å². The van der Waals surface area contributed by atoms with E-state index in [0.29, 0.717) is 5.76 Å². The Morgan fingerprint density at radius 3 is 2.56 bits per heavy atom. The van der Waals surface area contributed by atoms with Gasteiger partial charge in [0.25, 0.3) is 0 Å². The van der Waals surface area contributed by atoms with Crippen LogP contribution in [-0.4, -0.2) is 9.97 Å². The molecule has 0 fully saturated rings. The molecular formula is C10H7F3N2O. The van der Waals surface area contributed by atoms with Crippen molar-refractivity contribution in [1.82, 2.24) is 9.97 Å². The Bertz CT molecular complexity index is 505. The Morgan fingerprint density at radius 2 is 2.00 bits per heavy atom. The maximum atomic E-state index is 12.6. The molecule has 3 nitrogen and oxygen atoms in total. The molecule has 0 N–H and O–H groups in total. The Labute approximate surface area is 88.9 Å². The van der Waals surface area contributed by atoms with Crippen molar-refractivity contribution in [3.05, 3.63) is 36.0 Å². The molecule has 16 heavy (non-hydrogen) atoms. The third kappa shape index (κ3) is 1.91.